The van der Waals surface area contributed by atoms with E-state index >= 15 is 0 Å². The fourth-order valence-electron chi connectivity index (χ4n) is 1.74. The van der Waals surface area contributed by atoms with E-state index in [1.54, 1.807) is 18.2 Å². The summed E-state index contributed by atoms with van der Waals surface area (Å²) < 4.78 is 0. The van der Waals surface area contributed by atoms with Crippen molar-refractivity contribution in [2.75, 3.05) is 6.54 Å². The number of amides is 2. The molecule has 9 nitrogen and oxygen atoms in total. The van der Waals surface area contributed by atoms with Gasteiger partial charge in [-0.3, -0.25) is 9.59 Å². The van der Waals surface area contributed by atoms with Crippen LogP contribution in [0, 0.1) is 0 Å². The Bertz CT molecular complexity index is 719. The van der Waals surface area contributed by atoms with Gasteiger partial charge in [0, 0.05) is 12.0 Å². The molecule has 10 heteroatoms. The minimum absolute atomic E-state index is 0.0482. The van der Waals surface area contributed by atoms with Crippen LogP contribution in [-0.4, -0.2) is 46.1 Å². The van der Waals surface area contributed by atoms with Crippen molar-refractivity contribution in [3.63, 3.8) is 0 Å². The normalized spacial score (nSPS) is 18.8. The van der Waals surface area contributed by atoms with Crippen LogP contribution in [-0.2, 0) is 14.4 Å². The zero-order chi connectivity index (χ0) is 17.5. The minimum atomic E-state index is -1.41. The molecule has 1 saturated heterocycles. The van der Waals surface area contributed by atoms with E-state index in [1.165, 1.54) is 12.3 Å². The zero-order valence-corrected chi connectivity index (χ0v) is 13.1. The first-order valence-corrected chi connectivity index (χ1v) is 7.66. The molecule has 3 N–H and O–H groups in total. The van der Waals surface area contributed by atoms with Gasteiger partial charge in [-0.15, -0.1) is 5.10 Å². The maximum atomic E-state index is 11.7. The van der Waals surface area contributed by atoms with Crippen LogP contribution in [0.2, 0.25) is 0 Å². The fourth-order valence-corrected chi connectivity index (χ4v) is 2.66. The topological polar surface area (TPSA) is 143 Å². The minimum Gasteiger partial charge on any atom is -0.548 e. The molecule has 1 heterocycles. The highest BCUT2D eigenvalue weighted by molar-refractivity contribution is 8.15. The maximum Gasteiger partial charge on any atom is 0.240 e. The number of aliphatic carboxylic acids is 1. The lowest BCUT2D eigenvalue weighted by molar-refractivity contribution is -0.304. The lowest BCUT2D eigenvalue weighted by atomic mass is 10.2. The van der Waals surface area contributed by atoms with Crippen molar-refractivity contribution in [2.45, 2.75) is 11.7 Å². The molecular weight excluding hydrogens is 336 g/mol. The summed E-state index contributed by atoms with van der Waals surface area (Å²) in [5.74, 6) is -2.36. The maximum absolute atomic E-state index is 11.7. The molecule has 0 aromatic heterocycles. The number of carboxylic acids is 1. The van der Waals surface area contributed by atoms with Crippen molar-refractivity contribution in [2.24, 2.45) is 10.2 Å². The number of nitrogens with zero attached hydrogens (tertiary/aromatic N) is 2. The van der Waals surface area contributed by atoms with E-state index in [1.807, 2.05) is 0 Å². The van der Waals surface area contributed by atoms with Gasteiger partial charge >= 0.3 is 0 Å². The van der Waals surface area contributed by atoms with Gasteiger partial charge in [0.25, 0.3) is 0 Å². The van der Waals surface area contributed by atoms with E-state index < -0.39 is 29.6 Å². The second kappa shape index (κ2) is 8.11. The quantitative estimate of drug-likeness (QED) is 0.424. The summed E-state index contributed by atoms with van der Waals surface area (Å²) in [6.07, 6.45) is 1.14. The molecule has 2 amide bonds. The van der Waals surface area contributed by atoms with Gasteiger partial charge in [0.2, 0.25) is 11.8 Å². The van der Waals surface area contributed by atoms with Crippen molar-refractivity contribution >= 4 is 40.9 Å². The molecule has 0 bridgehead atoms. The van der Waals surface area contributed by atoms with Gasteiger partial charge in [-0.2, -0.15) is 5.10 Å². The van der Waals surface area contributed by atoms with Gasteiger partial charge in [0.15, 0.2) is 5.17 Å². The first-order chi connectivity index (χ1) is 11.5. The number of nitrogens with one attached hydrogen (secondary N) is 2. The number of aromatic hydroxyl groups is 1. The van der Waals surface area contributed by atoms with Crippen LogP contribution in [0.5, 0.6) is 5.75 Å². The standard InChI is InChI=1S/C14H14N4O5S/c19-9-4-2-1-3-8(9)6-16-18-14-17-13(23)10(24-14)5-11(20)15-7-12(21)22/h1-4,6,10,19H,5,7H2,(H,15,20)(H,21,22)(H,17,18,23)/p-1/b16-6+/t10-/m0/s1. The molecule has 2 rings (SSSR count). The smallest absolute Gasteiger partial charge is 0.240 e. The predicted octanol–water partition coefficient (Wildman–Crippen LogP) is -1.43. The summed E-state index contributed by atoms with van der Waals surface area (Å²) in [4.78, 5) is 33.5. The third-order valence-electron chi connectivity index (χ3n) is 2.86. The number of hydrogen-bond acceptors (Lipinski definition) is 8. The molecule has 0 spiro atoms. The molecule has 1 aliphatic rings. The Morgan fingerprint density at radius 1 is 1.42 bits per heavy atom. The number of carbonyl (C=O) groups is 3. The zero-order valence-electron chi connectivity index (χ0n) is 12.3. The molecule has 1 fully saturated rings. The van der Waals surface area contributed by atoms with Crippen molar-refractivity contribution < 1.29 is 24.6 Å². The Kier molecular flexibility index (Phi) is 5.90. The SMILES string of the molecule is O=C([O-])CNC(=O)C[C@@H]1S/C(=N\N=C\c2ccccc2O)NC1=O. The third-order valence-corrected chi connectivity index (χ3v) is 3.93. The van der Waals surface area contributed by atoms with Gasteiger partial charge in [-0.05, 0) is 12.1 Å². The van der Waals surface area contributed by atoms with Gasteiger partial charge in [0.05, 0.1) is 18.7 Å². The second-order valence-corrected chi connectivity index (χ2v) is 5.85. The second-order valence-electron chi connectivity index (χ2n) is 4.66. The van der Waals surface area contributed by atoms with Crippen LogP contribution >= 0.6 is 11.8 Å². The monoisotopic (exact) mass is 349 g/mol. The van der Waals surface area contributed by atoms with Gasteiger partial charge < -0.3 is 25.6 Å². The van der Waals surface area contributed by atoms with Crippen LogP contribution in [0.4, 0.5) is 0 Å². The van der Waals surface area contributed by atoms with E-state index in [0.29, 0.717) is 5.56 Å². The molecule has 1 aromatic rings. The summed E-state index contributed by atoms with van der Waals surface area (Å²) in [6.45, 7) is -0.607. The van der Waals surface area contributed by atoms with E-state index in [9.17, 15) is 24.6 Å². The van der Waals surface area contributed by atoms with Gasteiger partial charge in [-0.25, -0.2) is 0 Å². The molecule has 0 aliphatic carbocycles. The molecule has 0 unspecified atom stereocenters. The largest absolute Gasteiger partial charge is 0.548 e. The van der Waals surface area contributed by atoms with Crippen molar-refractivity contribution in [1.29, 1.82) is 0 Å². The average molecular weight is 349 g/mol. The van der Waals surface area contributed by atoms with E-state index in [0.717, 1.165) is 11.8 Å². The van der Waals surface area contributed by atoms with Crippen LogP contribution < -0.4 is 15.7 Å². The lowest BCUT2D eigenvalue weighted by Crippen LogP contribution is -2.39. The number of phenolic OH excluding ortho intramolecular Hbond substituents is 1. The molecular formula is C14H13N4O5S-. The molecule has 1 aliphatic heterocycles. The lowest BCUT2D eigenvalue weighted by Gasteiger charge is -2.07. The summed E-state index contributed by atoms with van der Waals surface area (Å²) in [6, 6.07) is 6.54. The van der Waals surface area contributed by atoms with Crippen LogP contribution in [0.15, 0.2) is 34.5 Å². The van der Waals surface area contributed by atoms with Crippen molar-refractivity contribution in [3.8, 4) is 5.75 Å². The van der Waals surface area contributed by atoms with Crippen molar-refractivity contribution in [3.05, 3.63) is 29.8 Å². The number of amidine groups is 1. The number of carbonyl (C=O) groups excluding carboxylic acids is 3. The van der Waals surface area contributed by atoms with Crippen molar-refractivity contribution in [1.82, 2.24) is 10.6 Å². The predicted molar refractivity (Wildman–Crippen MR) is 85.3 cm³/mol. The van der Waals surface area contributed by atoms with Crippen LogP contribution in [0.3, 0.4) is 0 Å². The van der Waals surface area contributed by atoms with Crippen LogP contribution in [0.1, 0.15) is 12.0 Å². The van der Waals surface area contributed by atoms with E-state index in [2.05, 4.69) is 20.8 Å². The molecule has 24 heavy (non-hydrogen) atoms. The van der Waals surface area contributed by atoms with E-state index in [4.69, 9.17) is 0 Å². The summed E-state index contributed by atoms with van der Waals surface area (Å²) in [5.41, 5.74) is 0.467. The highest BCUT2D eigenvalue weighted by Gasteiger charge is 2.32. The highest BCUT2D eigenvalue weighted by atomic mass is 32.2. The molecule has 1 aromatic carbocycles. The van der Waals surface area contributed by atoms with Gasteiger partial charge in [0.1, 0.15) is 11.0 Å². The number of para-hydroxylation sites is 1. The Balaban J connectivity index is 1.90. The first-order valence-electron chi connectivity index (χ1n) is 6.79. The number of carboxylic acid groups (broad SMARTS) is 1. The Labute approximate surface area is 140 Å². The number of rotatable bonds is 6. The highest BCUT2D eigenvalue weighted by Crippen LogP contribution is 2.22. The third kappa shape index (κ3) is 5.09. The van der Waals surface area contributed by atoms with Gasteiger partial charge in [-0.1, -0.05) is 23.9 Å². The molecule has 0 saturated carbocycles. The summed E-state index contributed by atoms with van der Waals surface area (Å²) in [5, 5.41) is 31.5. The molecule has 0 radical (unpaired) electrons. The van der Waals surface area contributed by atoms with Crippen LogP contribution in [0.25, 0.3) is 0 Å². The Hall–Kier alpha value is -2.88. The Morgan fingerprint density at radius 2 is 2.17 bits per heavy atom. The average Bonchev–Trinajstić information content (AvgIpc) is 2.87. The molecule has 1 atom stereocenters. The first kappa shape index (κ1) is 17.5. The Morgan fingerprint density at radius 3 is 2.88 bits per heavy atom. The number of hydrogen-bond donors (Lipinski definition) is 3. The molecule has 126 valence electrons. The summed E-state index contributed by atoms with van der Waals surface area (Å²) in [7, 11) is 0. The van der Waals surface area contributed by atoms with E-state index in [-0.39, 0.29) is 17.3 Å². The number of phenols is 1. The number of benzene rings is 1. The summed E-state index contributed by atoms with van der Waals surface area (Å²) >= 11 is 1.01. The fraction of sp³-hybridized carbons (Fsp3) is 0.214. The number of thioether (sulfide) groups is 1.